The molecule has 70 valence electrons. The third-order valence-electron chi connectivity index (χ3n) is 2.82. The van der Waals surface area contributed by atoms with Gasteiger partial charge in [-0.1, -0.05) is 12.1 Å². The number of fused-ring (bicyclic) bond motifs is 1. The second kappa shape index (κ2) is 3.97. The minimum atomic E-state index is 0.249. The molecule has 0 spiro atoms. The van der Waals surface area contributed by atoms with Gasteiger partial charge in [0, 0.05) is 11.6 Å². The monoisotopic (exact) mass is 185 g/mol. The van der Waals surface area contributed by atoms with E-state index in [1.807, 2.05) is 18.2 Å². The summed E-state index contributed by atoms with van der Waals surface area (Å²) in [6.45, 7) is 0. The minimum absolute atomic E-state index is 0.249. The average Bonchev–Trinajstić information content (AvgIpc) is 2.27. The van der Waals surface area contributed by atoms with Gasteiger partial charge in [0.15, 0.2) is 7.98 Å². The molecule has 1 atom stereocenters. The Labute approximate surface area is 85.1 Å². The first kappa shape index (κ1) is 9.47. The van der Waals surface area contributed by atoms with Crippen LogP contribution in [-0.2, 0) is 6.42 Å². The smallest absolute Gasteiger partial charge is 0.178 e. The van der Waals surface area contributed by atoms with Crippen LogP contribution in [0.5, 0.6) is 0 Å². The molecule has 1 aliphatic rings. The standard InChI is InChI=1S/C11H12BNO/c12-13-11-3-1-2-9-6-8(7-14)4-5-10(9)11/h4-7,11,13H,1-3H2. The Morgan fingerprint density at radius 1 is 1.50 bits per heavy atom. The molecule has 2 rings (SSSR count). The Kier molecular flexibility index (Phi) is 2.68. The molecular formula is C11H12BNO. The predicted octanol–water partition coefficient (Wildman–Crippen LogP) is 1.55. The molecule has 0 bridgehead atoms. The van der Waals surface area contributed by atoms with Gasteiger partial charge in [0.25, 0.3) is 0 Å². The van der Waals surface area contributed by atoms with E-state index in [0.717, 1.165) is 31.1 Å². The summed E-state index contributed by atoms with van der Waals surface area (Å²) >= 11 is 0. The maximum Gasteiger partial charge on any atom is 0.178 e. The molecule has 0 saturated heterocycles. The van der Waals surface area contributed by atoms with E-state index in [1.165, 1.54) is 11.1 Å². The third kappa shape index (κ3) is 1.60. The summed E-state index contributed by atoms with van der Waals surface area (Å²) in [6.07, 6.45) is 4.14. The van der Waals surface area contributed by atoms with E-state index in [0.29, 0.717) is 0 Å². The molecular weight excluding hydrogens is 173 g/mol. The Morgan fingerprint density at radius 3 is 3.07 bits per heavy atom. The highest BCUT2D eigenvalue weighted by atomic mass is 16.1. The van der Waals surface area contributed by atoms with E-state index in [2.05, 4.69) is 5.23 Å². The van der Waals surface area contributed by atoms with Crippen LogP contribution >= 0.6 is 0 Å². The number of carbonyl (C=O) groups is 1. The molecule has 1 aliphatic carbocycles. The maximum atomic E-state index is 10.6. The van der Waals surface area contributed by atoms with Gasteiger partial charge < -0.3 is 5.23 Å². The van der Waals surface area contributed by atoms with Gasteiger partial charge in [0.1, 0.15) is 6.29 Å². The topological polar surface area (TPSA) is 29.1 Å². The molecule has 1 aromatic rings. The number of hydrogen-bond donors (Lipinski definition) is 1. The lowest BCUT2D eigenvalue weighted by Gasteiger charge is -2.25. The Hall–Kier alpha value is -1.09. The lowest BCUT2D eigenvalue weighted by atomic mass is 9.86. The van der Waals surface area contributed by atoms with Crippen molar-refractivity contribution in [2.45, 2.75) is 25.3 Å². The Balaban J connectivity index is 2.40. The van der Waals surface area contributed by atoms with Crippen molar-refractivity contribution in [2.75, 3.05) is 0 Å². The number of hydrogen-bond acceptors (Lipinski definition) is 2. The summed E-state index contributed by atoms with van der Waals surface area (Å²) in [5.74, 6) is 0. The molecule has 3 heteroatoms. The van der Waals surface area contributed by atoms with Crippen LogP contribution < -0.4 is 5.23 Å². The zero-order valence-corrected chi connectivity index (χ0v) is 7.99. The van der Waals surface area contributed by atoms with Crippen LogP contribution in [0, 0.1) is 0 Å². The molecule has 0 saturated carbocycles. The lowest BCUT2D eigenvalue weighted by molar-refractivity contribution is 0.112. The first-order valence-electron chi connectivity index (χ1n) is 4.89. The SMILES string of the molecule is [B]NC1CCCc2cc(C=O)ccc21. The fourth-order valence-electron chi connectivity index (χ4n) is 2.08. The summed E-state index contributed by atoms with van der Waals surface area (Å²) in [5, 5.41) is 2.81. The lowest BCUT2D eigenvalue weighted by Crippen LogP contribution is -2.22. The zero-order valence-electron chi connectivity index (χ0n) is 7.99. The molecule has 1 aromatic carbocycles. The fraction of sp³-hybridized carbons (Fsp3) is 0.364. The first-order valence-corrected chi connectivity index (χ1v) is 4.89. The van der Waals surface area contributed by atoms with Crippen LogP contribution in [0.25, 0.3) is 0 Å². The third-order valence-corrected chi connectivity index (χ3v) is 2.82. The van der Waals surface area contributed by atoms with Gasteiger partial charge >= 0.3 is 0 Å². The van der Waals surface area contributed by atoms with E-state index >= 15 is 0 Å². The van der Waals surface area contributed by atoms with Gasteiger partial charge in [0.2, 0.25) is 0 Å². The van der Waals surface area contributed by atoms with Gasteiger partial charge in [-0.3, -0.25) is 4.79 Å². The summed E-state index contributed by atoms with van der Waals surface area (Å²) in [4.78, 5) is 10.6. The highest BCUT2D eigenvalue weighted by molar-refractivity contribution is 6.04. The number of aldehydes is 1. The van der Waals surface area contributed by atoms with Crippen molar-refractivity contribution in [1.82, 2.24) is 5.23 Å². The molecule has 14 heavy (non-hydrogen) atoms. The van der Waals surface area contributed by atoms with E-state index in [4.69, 9.17) is 7.98 Å². The van der Waals surface area contributed by atoms with Crippen LogP contribution in [-0.4, -0.2) is 14.3 Å². The summed E-state index contributed by atoms with van der Waals surface area (Å²) in [5.41, 5.74) is 3.24. The largest absolute Gasteiger partial charge is 0.360 e. The molecule has 0 fully saturated rings. The molecule has 0 amide bonds. The van der Waals surface area contributed by atoms with Gasteiger partial charge in [-0.2, -0.15) is 0 Å². The van der Waals surface area contributed by atoms with Crippen LogP contribution in [0.3, 0.4) is 0 Å². The van der Waals surface area contributed by atoms with Crippen molar-refractivity contribution in [1.29, 1.82) is 0 Å². The minimum Gasteiger partial charge on any atom is -0.360 e. The first-order chi connectivity index (χ1) is 6.85. The molecule has 2 radical (unpaired) electrons. The Bertz CT molecular complexity index is 351. The van der Waals surface area contributed by atoms with Crippen LogP contribution in [0.2, 0.25) is 0 Å². The second-order valence-corrected chi connectivity index (χ2v) is 3.69. The van der Waals surface area contributed by atoms with Gasteiger partial charge in [0.05, 0.1) is 0 Å². The maximum absolute atomic E-state index is 10.6. The van der Waals surface area contributed by atoms with E-state index < -0.39 is 0 Å². The normalized spacial score (nSPS) is 20.1. The van der Waals surface area contributed by atoms with Gasteiger partial charge in [-0.25, -0.2) is 0 Å². The fourth-order valence-corrected chi connectivity index (χ4v) is 2.08. The van der Waals surface area contributed by atoms with Gasteiger partial charge in [-0.05, 0) is 36.5 Å². The van der Waals surface area contributed by atoms with E-state index in [9.17, 15) is 4.79 Å². The van der Waals surface area contributed by atoms with Gasteiger partial charge in [-0.15, -0.1) is 0 Å². The molecule has 2 nitrogen and oxygen atoms in total. The highest BCUT2D eigenvalue weighted by Gasteiger charge is 2.17. The molecule has 0 aromatic heterocycles. The zero-order chi connectivity index (χ0) is 9.97. The van der Waals surface area contributed by atoms with Crippen molar-refractivity contribution in [3.8, 4) is 0 Å². The number of aryl methyl sites for hydroxylation is 1. The average molecular weight is 185 g/mol. The van der Waals surface area contributed by atoms with Crippen molar-refractivity contribution >= 4 is 14.3 Å². The molecule has 0 aliphatic heterocycles. The number of nitrogens with one attached hydrogen (secondary N) is 1. The Morgan fingerprint density at radius 2 is 2.36 bits per heavy atom. The quantitative estimate of drug-likeness (QED) is 0.559. The molecule has 0 heterocycles. The molecule has 1 N–H and O–H groups in total. The van der Waals surface area contributed by atoms with Crippen LogP contribution in [0.4, 0.5) is 0 Å². The second-order valence-electron chi connectivity index (χ2n) is 3.69. The van der Waals surface area contributed by atoms with Crippen LogP contribution in [0.1, 0.15) is 40.4 Å². The summed E-state index contributed by atoms with van der Waals surface area (Å²) in [6, 6.07) is 6.07. The predicted molar refractivity (Wildman–Crippen MR) is 56.4 cm³/mol. The van der Waals surface area contributed by atoms with Crippen molar-refractivity contribution in [2.24, 2.45) is 0 Å². The van der Waals surface area contributed by atoms with Crippen LogP contribution in [0.15, 0.2) is 18.2 Å². The summed E-state index contributed by atoms with van der Waals surface area (Å²) in [7, 11) is 5.47. The number of benzene rings is 1. The summed E-state index contributed by atoms with van der Waals surface area (Å²) < 4.78 is 0. The van der Waals surface area contributed by atoms with Crippen molar-refractivity contribution in [3.63, 3.8) is 0 Å². The van der Waals surface area contributed by atoms with E-state index in [1.54, 1.807) is 0 Å². The molecule has 1 unspecified atom stereocenters. The number of rotatable bonds is 2. The van der Waals surface area contributed by atoms with E-state index in [-0.39, 0.29) is 6.04 Å². The van der Waals surface area contributed by atoms with Crippen molar-refractivity contribution in [3.05, 3.63) is 34.9 Å². The number of carbonyl (C=O) groups excluding carboxylic acids is 1. The highest BCUT2D eigenvalue weighted by Crippen LogP contribution is 2.29. The van der Waals surface area contributed by atoms with Crippen molar-refractivity contribution < 1.29 is 4.79 Å².